The monoisotopic (exact) mass is 225 g/mol. The van der Waals surface area contributed by atoms with E-state index < -0.39 is 0 Å². The maximum atomic E-state index is 11.0. The lowest BCUT2D eigenvalue weighted by molar-refractivity contribution is -0.122. The van der Waals surface area contributed by atoms with Crippen molar-refractivity contribution in [3.05, 3.63) is 11.1 Å². The maximum absolute atomic E-state index is 11.0. The number of nitrogens with zero attached hydrogens (tertiary/aromatic N) is 2. The van der Waals surface area contributed by atoms with Gasteiger partial charge in [0.05, 0.1) is 0 Å². The van der Waals surface area contributed by atoms with Crippen molar-refractivity contribution in [3.8, 4) is 0 Å². The van der Waals surface area contributed by atoms with E-state index in [1.165, 1.54) is 4.88 Å². The van der Waals surface area contributed by atoms with Gasteiger partial charge in [-0.05, 0) is 19.8 Å². The Kier molecular flexibility index (Phi) is 2.90. The molecule has 2 heterocycles. The highest BCUT2D eigenvalue weighted by Crippen LogP contribution is 2.26. The Morgan fingerprint density at radius 1 is 1.60 bits per heavy atom. The number of hydrogen-bond acceptors (Lipinski definition) is 4. The Labute approximate surface area is 93.1 Å². The molecule has 0 atom stereocenters. The van der Waals surface area contributed by atoms with Gasteiger partial charge in [0.2, 0.25) is 5.91 Å². The fourth-order valence-corrected chi connectivity index (χ4v) is 2.65. The van der Waals surface area contributed by atoms with Gasteiger partial charge >= 0.3 is 0 Å². The van der Waals surface area contributed by atoms with E-state index in [1.807, 2.05) is 6.20 Å². The van der Waals surface area contributed by atoms with E-state index in [2.05, 4.69) is 16.8 Å². The first kappa shape index (κ1) is 10.4. The van der Waals surface area contributed by atoms with Gasteiger partial charge in [-0.15, -0.1) is 11.3 Å². The first-order valence-electron chi connectivity index (χ1n) is 5.13. The van der Waals surface area contributed by atoms with Crippen LogP contribution in [0, 0.1) is 12.8 Å². The zero-order valence-corrected chi connectivity index (χ0v) is 9.59. The summed E-state index contributed by atoms with van der Waals surface area (Å²) < 4.78 is 0. The lowest BCUT2D eigenvalue weighted by Crippen LogP contribution is -2.38. The van der Waals surface area contributed by atoms with E-state index in [-0.39, 0.29) is 11.8 Å². The Morgan fingerprint density at radius 3 is 2.73 bits per heavy atom. The second kappa shape index (κ2) is 4.18. The smallest absolute Gasteiger partial charge is 0.220 e. The second-order valence-electron chi connectivity index (χ2n) is 3.92. The molecule has 0 aromatic carbocycles. The fourth-order valence-electron chi connectivity index (χ4n) is 1.84. The maximum Gasteiger partial charge on any atom is 0.220 e. The molecule has 1 aliphatic rings. The molecule has 1 aromatic rings. The summed E-state index contributed by atoms with van der Waals surface area (Å²) in [4.78, 5) is 18.8. The van der Waals surface area contributed by atoms with Crippen LogP contribution in [0.15, 0.2) is 6.20 Å². The van der Waals surface area contributed by atoms with Gasteiger partial charge in [0.25, 0.3) is 0 Å². The number of primary amides is 1. The van der Waals surface area contributed by atoms with Crippen LogP contribution >= 0.6 is 11.3 Å². The highest BCUT2D eigenvalue weighted by atomic mass is 32.1. The van der Waals surface area contributed by atoms with Crippen LogP contribution in [0.1, 0.15) is 17.7 Å². The summed E-state index contributed by atoms with van der Waals surface area (Å²) >= 11 is 1.70. The van der Waals surface area contributed by atoms with Crippen LogP contribution < -0.4 is 10.6 Å². The number of hydrogen-bond donors (Lipinski definition) is 1. The van der Waals surface area contributed by atoms with Crippen molar-refractivity contribution < 1.29 is 4.79 Å². The minimum atomic E-state index is -0.162. The summed E-state index contributed by atoms with van der Waals surface area (Å²) in [6.07, 6.45) is 3.60. The second-order valence-corrected chi connectivity index (χ2v) is 5.13. The molecule has 0 bridgehead atoms. The van der Waals surface area contributed by atoms with Crippen LogP contribution in [0.25, 0.3) is 0 Å². The van der Waals surface area contributed by atoms with Gasteiger partial charge in [0.1, 0.15) is 0 Å². The molecule has 1 saturated heterocycles. The number of anilines is 1. The average molecular weight is 225 g/mol. The van der Waals surface area contributed by atoms with E-state index in [0.29, 0.717) is 0 Å². The van der Waals surface area contributed by atoms with Crippen molar-refractivity contribution in [2.45, 2.75) is 19.8 Å². The van der Waals surface area contributed by atoms with Gasteiger partial charge < -0.3 is 10.6 Å². The third-order valence-electron chi connectivity index (χ3n) is 2.78. The van der Waals surface area contributed by atoms with Crippen molar-refractivity contribution in [2.75, 3.05) is 18.0 Å². The van der Waals surface area contributed by atoms with E-state index in [9.17, 15) is 4.79 Å². The first-order chi connectivity index (χ1) is 7.16. The number of thiazole rings is 1. The molecule has 1 fully saturated rings. The number of carbonyl (C=O) groups is 1. The predicted octanol–water partition coefficient (Wildman–Crippen LogP) is 1.15. The summed E-state index contributed by atoms with van der Waals surface area (Å²) in [5, 5.41) is 1.07. The van der Waals surface area contributed by atoms with Crippen molar-refractivity contribution in [2.24, 2.45) is 11.7 Å². The lowest BCUT2D eigenvalue weighted by atomic mass is 9.97. The number of amides is 1. The van der Waals surface area contributed by atoms with Crippen LogP contribution in [0.2, 0.25) is 0 Å². The molecule has 2 rings (SSSR count). The third kappa shape index (κ3) is 2.28. The van der Waals surface area contributed by atoms with E-state index >= 15 is 0 Å². The Hall–Kier alpha value is -1.10. The van der Waals surface area contributed by atoms with E-state index in [0.717, 1.165) is 31.1 Å². The summed E-state index contributed by atoms with van der Waals surface area (Å²) in [7, 11) is 0. The van der Waals surface area contributed by atoms with Crippen LogP contribution in [0.5, 0.6) is 0 Å². The predicted molar refractivity (Wildman–Crippen MR) is 61.0 cm³/mol. The molecule has 0 spiro atoms. The largest absolute Gasteiger partial charge is 0.369 e. The fraction of sp³-hybridized carbons (Fsp3) is 0.600. The molecule has 1 aliphatic heterocycles. The summed E-state index contributed by atoms with van der Waals surface area (Å²) in [5.74, 6) is -0.104. The molecule has 0 saturated carbocycles. The molecule has 82 valence electrons. The van der Waals surface area contributed by atoms with Crippen LogP contribution in [-0.2, 0) is 4.79 Å². The Balaban J connectivity index is 1.96. The Bertz CT molecular complexity index is 355. The number of aromatic nitrogens is 1. The number of piperidine rings is 1. The topological polar surface area (TPSA) is 59.2 Å². The highest BCUT2D eigenvalue weighted by Gasteiger charge is 2.24. The molecule has 0 aliphatic carbocycles. The van der Waals surface area contributed by atoms with Crippen LogP contribution in [0.3, 0.4) is 0 Å². The van der Waals surface area contributed by atoms with E-state index in [1.54, 1.807) is 11.3 Å². The Morgan fingerprint density at radius 2 is 2.27 bits per heavy atom. The number of carbonyl (C=O) groups excluding carboxylic acids is 1. The normalized spacial score (nSPS) is 18.1. The molecular weight excluding hydrogens is 210 g/mol. The molecule has 0 unspecified atom stereocenters. The van der Waals surface area contributed by atoms with Crippen molar-refractivity contribution in [3.63, 3.8) is 0 Å². The summed E-state index contributed by atoms with van der Waals surface area (Å²) in [6, 6.07) is 0. The zero-order valence-electron chi connectivity index (χ0n) is 8.77. The van der Waals surface area contributed by atoms with Crippen molar-refractivity contribution in [1.82, 2.24) is 4.98 Å². The molecule has 5 heteroatoms. The van der Waals surface area contributed by atoms with Crippen LogP contribution in [-0.4, -0.2) is 24.0 Å². The summed E-state index contributed by atoms with van der Waals surface area (Å²) in [5.41, 5.74) is 5.28. The van der Waals surface area contributed by atoms with Gasteiger partial charge in [-0.2, -0.15) is 0 Å². The van der Waals surface area contributed by atoms with Gasteiger partial charge in [0, 0.05) is 30.1 Å². The number of nitrogens with two attached hydrogens (primary N) is 1. The molecule has 0 radical (unpaired) electrons. The van der Waals surface area contributed by atoms with Crippen molar-refractivity contribution in [1.29, 1.82) is 0 Å². The number of aryl methyl sites for hydroxylation is 1. The molecule has 1 amide bonds. The SMILES string of the molecule is Cc1cnc(N2CCC(C(N)=O)CC2)s1. The molecule has 2 N–H and O–H groups in total. The molecular formula is C10H15N3OS. The highest BCUT2D eigenvalue weighted by molar-refractivity contribution is 7.15. The van der Waals surface area contributed by atoms with Gasteiger partial charge in [-0.3, -0.25) is 4.79 Å². The zero-order chi connectivity index (χ0) is 10.8. The van der Waals surface area contributed by atoms with Gasteiger partial charge in [-0.1, -0.05) is 0 Å². The van der Waals surface area contributed by atoms with Crippen LogP contribution in [0.4, 0.5) is 5.13 Å². The minimum absolute atomic E-state index is 0.0577. The van der Waals surface area contributed by atoms with Gasteiger partial charge in [0.15, 0.2) is 5.13 Å². The molecule has 15 heavy (non-hydrogen) atoms. The molecule has 4 nitrogen and oxygen atoms in total. The summed E-state index contributed by atoms with van der Waals surface area (Å²) in [6.45, 7) is 3.83. The standard InChI is InChI=1S/C10H15N3OS/c1-7-6-12-10(15-7)13-4-2-8(3-5-13)9(11)14/h6,8H,2-5H2,1H3,(H2,11,14). The van der Waals surface area contributed by atoms with E-state index in [4.69, 9.17) is 5.73 Å². The molecule has 1 aromatic heterocycles. The van der Waals surface area contributed by atoms with Gasteiger partial charge in [-0.25, -0.2) is 4.98 Å². The average Bonchev–Trinajstić information content (AvgIpc) is 2.65. The minimum Gasteiger partial charge on any atom is -0.369 e. The first-order valence-corrected chi connectivity index (χ1v) is 5.95. The quantitative estimate of drug-likeness (QED) is 0.821. The number of rotatable bonds is 2. The third-order valence-corrected chi connectivity index (χ3v) is 3.75. The lowest BCUT2D eigenvalue weighted by Gasteiger charge is -2.30. The van der Waals surface area contributed by atoms with Crippen molar-refractivity contribution >= 4 is 22.4 Å².